The van der Waals surface area contributed by atoms with Gasteiger partial charge in [-0.3, -0.25) is 14.5 Å². The van der Waals surface area contributed by atoms with Crippen LogP contribution in [0.1, 0.15) is 67.2 Å². The lowest BCUT2D eigenvalue weighted by atomic mass is 9.84. The second-order valence-electron chi connectivity index (χ2n) is 10.2. The third kappa shape index (κ3) is 7.02. The van der Waals surface area contributed by atoms with Crippen LogP contribution in [0.4, 0.5) is 5.69 Å². The van der Waals surface area contributed by atoms with E-state index >= 15 is 0 Å². The highest BCUT2D eigenvalue weighted by Gasteiger charge is 2.32. The van der Waals surface area contributed by atoms with Gasteiger partial charge in [0, 0.05) is 6.54 Å². The molecular weight excluding hydrogens is 520 g/mol. The van der Waals surface area contributed by atoms with Crippen molar-refractivity contribution >= 4 is 40.6 Å². The average molecular weight is 555 g/mol. The van der Waals surface area contributed by atoms with E-state index in [-0.39, 0.29) is 12.3 Å². The standard InChI is InChI=1S/C33H34N2O4S/c1-2-35-32(38)30(40-33(35)34-28-16-10-24(11-17-28)21-31(36)37)20-23-12-18-29(19-13-23)39-22-25-8-14-27(15-9-25)26-6-4-3-5-7-26/h8-20,26H,2-7,21-22H2,1H3,(H,36,37)/b30-20-,34-33?. The maximum absolute atomic E-state index is 13.0. The van der Waals surface area contributed by atoms with Gasteiger partial charge in [0.25, 0.3) is 5.91 Å². The molecule has 1 N–H and O–H groups in total. The second kappa shape index (κ2) is 13.0. The Labute approximate surface area is 239 Å². The van der Waals surface area contributed by atoms with Crippen LogP contribution in [0.25, 0.3) is 6.08 Å². The molecule has 40 heavy (non-hydrogen) atoms. The summed E-state index contributed by atoms with van der Waals surface area (Å²) in [5, 5.41) is 9.57. The molecule has 2 aliphatic rings. The van der Waals surface area contributed by atoms with Gasteiger partial charge in [-0.25, -0.2) is 4.99 Å². The third-order valence-corrected chi connectivity index (χ3v) is 8.37. The van der Waals surface area contributed by atoms with Crippen LogP contribution in [-0.2, 0) is 22.6 Å². The Morgan fingerprint density at radius 3 is 2.30 bits per heavy atom. The summed E-state index contributed by atoms with van der Waals surface area (Å²) in [7, 11) is 0. The van der Waals surface area contributed by atoms with E-state index in [0.717, 1.165) is 16.9 Å². The van der Waals surface area contributed by atoms with Gasteiger partial charge in [-0.1, -0.05) is 67.8 Å². The number of hydrogen-bond acceptors (Lipinski definition) is 5. The molecule has 5 rings (SSSR count). The predicted molar refractivity (Wildman–Crippen MR) is 161 cm³/mol. The van der Waals surface area contributed by atoms with Gasteiger partial charge in [0.2, 0.25) is 0 Å². The first-order chi connectivity index (χ1) is 19.5. The minimum Gasteiger partial charge on any atom is -0.489 e. The highest BCUT2D eigenvalue weighted by molar-refractivity contribution is 8.18. The highest BCUT2D eigenvalue weighted by atomic mass is 32.2. The monoisotopic (exact) mass is 554 g/mol. The molecule has 0 unspecified atom stereocenters. The van der Waals surface area contributed by atoms with Crippen LogP contribution in [-0.4, -0.2) is 33.6 Å². The van der Waals surface area contributed by atoms with Crippen LogP contribution in [0.3, 0.4) is 0 Å². The van der Waals surface area contributed by atoms with Crippen molar-refractivity contribution in [3.8, 4) is 5.75 Å². The Bertz CT molecular complexity index is 1390. The Balaban J connectivity index is 1.20. The number of likely N-dealkylation sites (N-methyl/N-ethyl adjacent to an activating group) is 1. The number of amidine groups is 1. The maximum Gasteiger partial charge on any atom is 0.307 e. The molecule has 0 spiro atoms. The molecule has 6 nitrogen and oxygen atoms in total. The number of aliphatic carboxylic acids is 1. The molecule has 0 aromatic heterocycles. The number of nitrogens with zero attached hydrogens (tertiary/aromatic N) is 2. The molecule has 1 heterocycles. The fourth-order valence-corrected chi connectivity index (χ4v) is 6.21. The van der Waals surface area contributed by atoms with Gasteiger partial charge in [0.05, 0.1) is 17.0 Å². The number of carbonyl (C=O) groups is 2. The van der Waals surface area contributed by atoms with Crippen LogP contribution in [0.5, 0.6) is 5.75 Å². The molecule has 1 amide bonds. The number of aliphatic imine (C=N–C) groups is 1. The number of carboxylic acids is 1. The molecule has 1 aliphatic heterocycles. The lowest BCUT2D eigenvalue weighted by Gasteiger charge is -2.22. The summed E-state index contributed by atoms with van der Waals surface area (Å²) >= 11 is 1.34. The van der Waals surface area contributed by atoms with Crippen molar-refractivity contribution in [3.63, 3.8) is 0 Å². The predicted octanol–water partition coefficient (Wildman–Crippen LogP) is 7.56. The van der Waals surface area contributed by atoms with Crippen molar-refractivity contribution in [3.05, 3.63) is 100.0 Å². The third-order valence-electron chi connectivity index (χ3n) is 7.36. The van der Waals surface area contributed by atoms with E-state index < -0.39 is 5.97 Å². The highest BCUT2D eigenvalue weighted by Crippen LogP contribution is 2.35. The molecular formula is C33H34N2O4S. The lowest BCUT2D eigenvalue weighted by Crippen LogP contribution is -2.28. The molecule has 7 heteroatoms. The molecule has 0 bridgehead atoms. The molecule has 2 fully saturated rings. The quantitative estimate of drug-likeness (QED) is 0.276. The number of amides is 1. The van der Waals surface area contributed by atoms with E-state index in [1.807, 2.05) is 37.3 Å². The summed E-state index contributed by atoms with van der Waals surface area (Å²) in [5.41, 5.74) is 4.90. The van der Waals surface area contributed by atoms with Crippen LogP contribution >= 0.6 is 11.8 Å². The minimum atomic E-state index is -0.873. The summed E-state index contributed by atoms with van der Waals surface area (Å²) in [6.45, 7) is 2.94. The van der Waals surface area contributed by atoms with E-state index in [0.29, 0.717) is 40.4 Å². The topological polar surface area (TPSA) is 79.2 Å². The van der Waals surface area contributed by atoms with Gasteiger partial charge >= 0.3 is 5.97 Å². The number of benzene rings is 3. The molecule has 1 saturated carbocycles. The summed E-state index contributed by atoms with van der Waals surface area (Å²) in [4.78, 5) is 30.9. The summed E-state index contributed by atoms with van der Waals surface area (Å²) in [6.07, 6.45) is 8.50. The maximum atomic E-state index is 13.0. The van der Waals surface area contributed by atoms with Gasteiger partial charge in [-0.2, -0.15) is 0 Å². The number of thioether (sulfide) groups is 1. The Hall–Kier alpha value is -3.84. The van der Waals surface area contributed by atoms with Crippen molar-refractivity contribution in [1.82, 2.24) is 4.90 Å². The van der Waals surface area contributed by atoms with Crippen molar-refractivity contribution in [2.45, 2.75) is 58.0 Å². The molecule has 206 valence electrons. The van der Waals surface area contributed by atoms with Gasteiger partial charge in [-0.15, -0.1) is 0 Å². The van der Waals surface area contributed by atoms with E-state index in [1.165, 1.54) is 49.4 Å². The largest absolute Gasteiger partial charge is 0.489 e. The summed E-state index contributed by atoms with van der Waals surface area (Å²) in [5.74, 6) is 0.541. The van der Waals surface area contributed by atoms with Gasteiger partial charge in [0.1, 0.15) is 12.4 Å². The van der Waals surface area contributed by atoms with Crippen molar-refractivity contribution in [1.29, 1.82) is 0 Å². The molecule has 1 saturated heterocycles. The first-order valence-corrected chi connectivity index (χ1v) is 14.7. The van der Waals surface area contributed by atoms with Crippen LogP contribution in [0.15, 0.2) is 82.7 Å². The number of ether oxygens (including phenoxy) is 1. The number of hydrogen-bond donors (Lipinski definition) is 1. The minimum absolute atomic E-state index is 0.0324. The normalized spacial score (nSPS) is 18.0. The first-order valence-electron chi connectivity index (χ1n) is 13.9. The second-order valence-corrected chi connectivity index (χ2v) is 11.2. The molecule has 1 aliphatic carbocycles. The van der Waals surface area contributed by atoms with Crippen molar-refractivity contribution < 1.29 is 19.4 Å². The van der Waals surface area contributed by atoms with E-state index in [9.17, 15) is 9.59 Å². The fraction of sp³-hybridized carbons (Fsp3) is 0.303. The Kier molecular flexibility index (Phi) is 9.01. The smallest absolute Gasteiger partial charge is 0.307 e. The first kappa shape index (κ1) is 27.7. The van der Waals surface area contributed by atoms with Crippen molar-refractivity contribution in [2.75, 3.05) is 6.54 Å². The van der Waals surface area contributed by atoms with Gasteiger partial charge in [-0.05, 0) is 90.0 Å². The number of rotatable bonds is 9. The summed E-state index contributed by atoms with van der Waals surface area (Å²) < 4.78 is 6.02. The zero-order valence-electron chi connectivity index (χ0n) is 22.7. The molecule has 0 atom stereocenters. The number of carbonyl (C=O) groups excluding carboxylic acids is 1. The van der Waals surface area contributed by atoms with E-state index in [1.54, 1.807) is 29.2 Å². The van der Waals surface area contributed by atoms with Gasteiger partial charge < -0.3 is 9.84 Å². The zero-order valence-corrected chi connectivity index (χ0v) is 23.5. The van der Waals surface area contributed by atoms with E-state index in [2.05, 4.69) is 29.3 Å². The number of carboxylic acid groups (broad SMARTS) is 1. The molecule has 3 aromatic carbocycles. The SMILES string of the molecule is CCN1C(=O)/C(=C/c2ccc(OCc3ccc(C4CCCCC4)cc3)cc2)SC1=Nc1ccc(CC(=O)O)cc1. The van der Waals surface area contributed by atoms with E-state index in [4.69, 9.17) is 9.84 Å². The summed E-state index contributed by atoms with van der Waals surface area (Å²) in [6, 6.07) is 23.7. The van der Waals surface area contributed by atoms with Crippen LogP contribution < -0.4 is 4.74 Å². The van der Waals surface area contributed by atoms with Crippen molar-refractivity contribution in [2.24, 2.45) is 4.99 Å². The lowest BCUT2D eigenvalue weighted by molar-refractivity contribution is -0.136. The van der Waals surface area contributed by atoms with Crippen LogP contribution in [0, 0.1) is 0 Å². The zero-order chi connectivity index (χ0) is 27.9. The van der Waals surface area contributed by atoms with Gasteiger partial charge in [0.15, 0.2) is 5.17 Å². The average Bonchev–Trinajstić information content (AvgIpc) is 3.27. The fourth-order valence-electron chi connectivity index (χ4n) is 5.14. The van der Waals surface area contributed by atoms with Crippen LogP contribution in [0.2, 0.25) is 0 Å². The molecule has 3 aromatic rings. The Morgan fingerprint density at radius 2 is 1.65 bits per heavy atom. The molecule has 0 radical (unpaired) electrons. The Morgan fingerprint density at radius 1 is 0.975 bits per heavy atom.